The van der Waals surface area contributed by atoms with Crippen LogP contribution in [0.4, 0.5) is 0 Å². The van der Waals surface area contributed by atoms with Gasteiger partial charge in [0.05, 0.1) is 0 Å². The number of amides is 2. The predicted octanol–water partition coefficient (Wildman–Crippen LogP) is 1.81. The molecule has 0 saturated heterocycles. The van der Waals surface area contributed by atoms with E-state index in [1.54, 1.807) is 17.5 Å². The molecule has 0 bridgehead atoms. The average molecular weight is 281 g/mol. The first-order valence-electron chi connectivity index (χ1n) is 6.07. The topological polar surface area (TPSA) is 66.8 Å². The van der Waals surface area contributed by atoms with Crippen LogP contribution in [-0.4, -0.2) is 41.6 Å². The number of carbonyl (C=O) groups is 2. The summed E-state index contributed by atoms with van der Waals surface area (Å²) in [5.41, 5.74) is 0.108. The van der Waals surface area contributed by atoms with Gasteiger partial charge in [-0.1, -0.05) is 6.07 Å². The Balaban J connectivity index is 2.08. The van der Waals surface area contributed by atoms with Crippen LogP contribution in [0.15, 0.2) is 23.3 Å². The summed E-state index contributed by atoms with van der Waals surface area (Å²) < 4.78 is 5.17. The molecule has 1 aliphatic rings. The smallest absolute Gasteiger partial charge is 0.296 e. The molecule has 0 aromatic carbocycles. The van der Waals surface area contributed by atoms with E-state index in [1.807, 2.05) is 6.92 Å². The number of carbonyl (C=O) groups excluding carboxylic acids is 2. The molecule has 19 heavy (non-hydrogen) atoms. The minimum absolute atomic E-state index is 0.108. The summed E-state index contributed by atoms with van der Waals surface area (Å²) in [6, 6.07) is 3.49. The van der Waals surface area contributed by atoms with Gasteiger partial charge >= 0.3 is 0 Å². The first-order valence-corrected chi connectivity index (χ1v) is 6.95. The van der Waals surface area contributed by atoms with Crippen LogP contribution in [0.1, 0.15) is 18.2 Å². The largest absolute Gasteiger partial charge is 0.502 e. The van der Waals surface area contributed by atoms with Crippen LogP contribution in [-0.2, 0) is 14.3 Å². The number of nitrogens with zero attached hydrogens (tertiary/aromatic N) is 1. The maximum atomic E-state index is 12.1. The fourth-order valence-electron chi connectivity index (χ4n) is 1.88. The molecule has 0 unspecified atom stereocenters. The molecule has 0 radical (unpaired) electrons. The Morgan fingerprint density at radius 2 is 2.16 bits per heavy atom. The Bertz CT molecular complexity index is 507. The molecule has 2 amide bonds. The number of aliphatic hydroxyl groups excluding tert-OH is 1. The Morgan fingerprint density at radius 1 is 1.37 bits per heavy atom. The highest BCUT2D eigenvalue weighted by molar-refractivity contribution is 7.11. The Labute approximate surface area is 115 Å². The molecule has 1 N–H and O–H groups in total. The third kappa shape index (κ3) is 2.69. The summed E-state index contributed by atoms with van der Waals surface area (Å²) in [5, 5.41) is 11.6. The molecule has 2 heterocycles. The second kappa shape index (κ2) is 5.99. The van der Waals surface area contributed by atoms with E-state index in [-0.39, 0.29) is 12.1 Å². The van der Waals surface area contributed by atoms with Crippen molar-refractivity contribution in [3.8, 4) is 0 Å². The number of rotatable bonds is 6. The lowest BCUT2D eigenvalue weighted by Gasteiger charge is -2.13. The summed E-state index contributed by atoms with van der Waals surface area (Å²) in [5.74, 6) is -1.50. The minimum Gasteiger partial charge on any atom is -0.502 e. The van der Waals surface area contributed by atoms with Gasteiger partial charge in [-0.25, -0.2) is 0 Å². The van der Waals surface area contributed by atoms with E-state index in [0.29, 0.717) is 24.5 Å². The second-order valence-electron chi connectivity index (χ2n) is 4.01. The van der Waals surface area contributed by atoms with Gasteiger partial charge in [-0.05, 0) is 24.8 Å². The Kier molecular flexibility index (Phi) is 4.34. The SMILES string of the molecule is CCOCCCN1C(=O)C(O)=C(c2cccs2)C1=O. The van der Waals surface area contributed by atoms with Crippen LogP contribution in [0.25, 0.3) is 5.57 Å². The Hall–Kier alpha value is -1.66. The quantitative estimate of drug-likeness (QED) is 0.638. The van der Waals surface area contributed by atoms with Crippen LogP contribution < -0.4 is 0 Å². The fraction of sp³-hybridized carbons (Fsp3) is 0.385. The van der Waals surface area contributed by atoms with Crippen molar-refractivity contribution in [2.24, 2.45) is 0 Å². The molecule has 1 aromatic rings. The Morgan fingerprint density at radius 3 is 2.79 bits per heavy atom. The van der Waals surface area contributed by atoms with E-state index in [9.17, 15) is 14.7 Å². The van der Waals surface area contributed by atoms with E-state index in [4.69, 9.17) is 4.74 Å². The van der Waals surface area contributed by atoms with E-state index in [1.165, 1.54) is 11.3 Å². The summed E-state index contributed by atoms with van der Waals surface area (Å²) in [7, 11) is 0. The summed E-state index contributed by atoms with van der Waals surface area (Å²) in [4.78, 5) is 25.7. The van der Waals surface area contributed by atoms with Gasteiger partial charge in [0, 0.05) is 24.6 Å². The minimum atomic E-state index is -0.620. The van der Waals surface area contributed by atoms with E-state index >= 15 is 0 Å². The zero-order chi connectivity index (χ0) is 13.8. The van der Waals surface area contributed by atoms with Crippen LogP contribution in [0.5, 0.6) is 0 Å². The highest BCUT2D eigenvalue weighted by Gasteiger charge is 2.39. The molecule has 5 nitrogen and oxygen atoms in total. The monoisotopic (exact) mass is 281 g/mol. The molecule has 0 saturated carbocycles. The second-order valence-corrected chi connectivity index (χ2v) is 4.96. The maximum Gasteiger partial charge on any atom is 0.296 e. The van der Waals surface area contributed by atoms with Crippen molar-refractivity contribution in [2.45, 2.75) is 13.3 Å². The molecular weight excluding hydrogens is 266 g/mol. The van der Waals surface area contributed by atoms with Gasteiger partial charge in [-0.2, -0.15) is 0 Å². The van der Waals surface area contributed by atoms with Gasteiger partial charge in [0.15, 0.2) is 5.76 Å². The van der Waals surface area contributed by atoms with Gasteiger partial charge in [0.1, 0.15) is 5.57 Å². The zero-order valence-corrected chi connectivity index (χ0v) is 11.4. The number of imide groups is 1. The summed E-state index contributed by atoms with van der Waals surface area (Å²) in [6.45, 7) is 3.24. The third-order valence-corrected chi connectivity index (χ3v) is 3.67. The molecule has 2 rings (SSSR count). The van der Waals surface area contributed by atoms with Crippen LogP contribution >= 0.6 is 11.3 Å². The van der Waals surface area contributed by atoms with Gasteiger partial charge in [-0.3, -0.25) is 14.5 Å². The zero-order valence-electron chi connectivity index (χ0n) is 10.6. The van der Waals surface area contributed by atoms with E-state index < -0.39 is 17.6 Å². The van der Waals surface area contributed by atoms with Crippen LogP contribution in [0, 0.1) is 0 Å². The van der Waals surface area contributed by atoms with Crippen LogP contribution in [0.3, 0.4) is 0 Å². The first-order chi connectivity index (χ1) is 9.16. The first kappa shape index (κ1) is 13.8. The van der Waals surface area contributed by atoms with Crippen LogP contribution in [0.2, 0.25) is 0 Å². The molecule has 0 spiro atoms. The molecular formula is C13H15NO4S. The van der Waals surface area contributed by atoms with Crippen molar-refractivity contribution in [1.29, 1.82) is 0 Å². The predicted molar refractivity (Wildman–Crippen MR) is 71.7 cm³/mol. The fourth-order valence-corrected chi connectivity index (χ4v) is 2.64. The van der Waals surface area contributed by atoms with Gasteiger partial charge in [0.25, 0.3) is 11.8 Å². The lowest BCUT2D eigenvalue weighted by atomic mass is 10.2. The van der Waals surface area contributed by atoms with Gasteiger partial charge < -0.3 is 9.84 Å². The molecule has 1 aliphatic heterocycles. The van der Waals surface area contributed by atoms with Crippen molar-refractivity contribution in [2.75, 3.05) is 19.8 Å². The number of hydrogen-bond donors (Lipinski definition) is 1. The normalized spacial score (nSPS) is 15.7. The van der Waals surface area contributed by atoms with Crippen molar-refractivity contribution < 1.29 is 19.4 Å². The standard InChI is InChI=1S/C13H15NO4S/c1-2-18-7-4-6-14-12(16)10(11(15)13(14)17)9-5-3-8-19-9/h3,5,8,15H,2,4,6-7H2,1H3. The molecule has 0 fully saturated rings. The lowest BCUT2D eigenvalue weighted by molar-refractivity contribution is -0.138. The summed E-state index contributed by atoms with van der Waals surface area (Å²) in [6.07, 6.45) is 0.566. The van der Waals surface area contributed by atoms with Crippen molar-refractivity contribution in [3.63, 3.8) is 0 Å². The number of ether oxygens (including phenoxy) is 1. The highest BCUT2D eigenvalue weighted by Crippen LogP contribution is 2.30. The third-order valence-electron chi connectivity index (χ3n) is 2.79. The number of hydrogen-bond acceptors (Lipinski definition) is 5. The lowest BCUT2D eigenvalue weighted by Crippen LogP contribution is -2.33. The molecule has 1 aromatic heterocycles. The van der Waals surface area contributed by atoms with Crippen molar-refractivity contribution in [3.05, 3.63) is 28.1 Å². The van der Waals surface area contributed by atoms with Gasteiger partial charge in [0.2, 0.25) is 0 Å². The van der Waals surface area contributed by atoms with Crippen molar-refractivity contribution in [1.82, 2.24) is 4.90 Å². The highest BCUT2D eigenvalue weighted by atomic mass is 32.1. The molecule has 6 heteroatoms. The van der Waals surface area contributed by atoms with E-state index in [0.717, 1.165) is 4.90 Å². The average Bonchev–Trinajstić information content (AvgIpc) is 2.97. The number of aliphatic hydroxyl groups is 1. The summed E-state index contributed by atoms with van der Waals surface area (Å²) >= 11 is 1.32. The molecule has 102 valence electrons. The molecule has 0 atom stereocenters. The maximum absolute atomic E-state index is 12.1. The van der Waals surface area contributed by atoms with Gasteiger partial charge in [-0.15, -0.1) is 11.3 Å². The molecule has 0 aliphatic carbocycles. The number of thiophene rings is 1. The van der Waals surface area contributed by atoms with Crippen molar-refractivity contribution >= 4 is 28.7 Å². The van der Waals surface area contributed by atoms with E-state index in [2.05, 4.69) is 0 Å².